The summed E-state index contributed by atoms with van der Waals surface area (Å²) in [6.45, 7) is 1.63. The largest absolute Gasteiger partial charge is 0.416 e. The van der Waals surface area contributed by atoms with Gasteiger partial charge < -0.3 is 10.6 Å². The maximum absolute atomic E-state index is 14.7. The van der Waals surface area contributed by atoms with E-state index in [1.165, 1.54) is 13.0 Å². The molecule has 0 aliphatic carbocycles. The molecular formula is C32H31F6N5O2. The van der Waals surface area contributed by atoms with Crippen LogP contribution in [0.2, 0.25) is 0 Å². The van der Waals surface area contributed by atoms with Crippen molar-refractivity contribution in [3.8, 4) is 0 Å². The summed E-state index contributed by atoms with van der Waals surface area (Å²) in [5, 5.41) is 0. The van der Waals surface area contributed by atoms with Gasteiger partial charge in [-0.05, 0) is 42.3 Å². The number of anilines is 1. The van der Waals surface area contributed by atoms with Gasteiger partial charge in [0.05, 0.1) is 18.7 Å². The monoisotopic (exact) mass is 631 g/mol. The fourth-order valence-corrected chi connectivity index (χ4v) is 5.66. The van der Waals surface area contributed by atoms with Gasteiger partial charge in [-0.2, -0.15) is 13.2 Å². The number of benzene rings is 3. The Morgan fingerprint density at radius 1 is 0.822 bits per heavy atom. The molecule has 0 spiro atoms. The van der Waals surface area contributed by atoms with Gasteiger partial charge in [-0.1, -0.05) is 42.5 Å². The number of halogens is 6. The molecule has 1 aromatic heterocycles. The molecule has 45 heavy (non-hydrogen) atoms. The van der Waals surface area contributed by atoms with Crippen molar-refractivity contribution in [2.75, 3.05) is 31.1 Å². The zero-order chi connectivity index (χ0) is 32.5. The summed E-state index contributed by atoms with van der Waals surface area (Å²) >= 11 is 0. The van der Waals surface area contributed by atoms with Gasteiger partial charge in [0.15, 0.2) is 0 Å². The van der Waals surface area contributed by atoms with E-state index in [0.717, 1.165) is 33.4 Å². The molecule has 2 N–H and O–H groups in total. The first-order valence-corrected chi connectivity index (χ1v) is 14.3. The molecule has 0 radical (unpaired) electrons. The minimum absolute atomic E-state index is 0.0775. The fraction of sp³-hybridized carbons (Fsp3) is 0.312. The molecule has 1 saturated heterocycles. The van der Waals surface area contributed by atoms with Crippen molar-refractivity contribution in [2.24, 2.45) is 5.73 Å². The Labute approximate surface area is 254 Å². The van der Waals surface area contributed by atoms with Crippen LogP contribution in [-0.4, -0.2) is 40.2 Å². The molecule has 7 nitrogen and oxygen atoms in total. The van der Waals surface area contributed by atoms with Crippen molar-refractivity contribution in [3.05, 3.63) is 133 Å². The van der Waals surface area contributed by atoms with Crippen LogP contribution in [0.3, 0.4) is 0 Å². The number of nitrogens with zero attached hydrogens (tertiary/aromatic N) is 4. The Kier molecular flexibility index (Phi) is 9.21. The van der Waals surface area contributed by atoms with Gasteiger partial charge in [0, 0.05) is 50.0 Å². The number of alkyl halides is 3. The Morgan fingerprint density at radius 2 is 1.47 bits per heavy atom. The molecule has 1 aliphatic heterocycles. The van der Waals surface area contributed by atoms with Gasteiger partial charge in [0.25, 0.3) is 5.56 Å². The number of aromatic nitrogens is 2. The molecule has 5 rings (SSSR count). The normalized spacial score (nSPS) is 15.0. The van der Waals surface area contributed by atoms with Crippen LogP contribution in [0.5, 0.6) is 0 Å². The summed E-state index contributed by atoms with van der Waals surface area (Å²) in [5.74, 6) is -2.69. The van der Waals surface area contributed by atoms with E-state index in [1.54, 1.807) is 40.1 Å². The molecule has 3 aromatic carbocycles. The van der Waals surface area contributed by atoms with E-state index in [4.69, 9.17) is 5.73 Å². The second kappa shape index (κ2) is 12.9. The predicted octanol–water partition coefficient (Wildman–Crippen LogP) is 4.83. The molecule has 238 valence electrons. The maximum atomic E-state index is 14.7. The standard InChI is InChI=1S/C32H31F6N5O2/c1-20-29(41-14-12-40(13-15-41)17-22-10-11-23(33)16-25(22)32(36,37)38)30(44)43(19-28(39)21-6-3-2-4-7-21)31(45)42(20)18-24-26(34)8-5-9-27(24)35/h2-11,16,28H,12-15,17-19,39H2,1H3/t28-/m0/s1. The second-order valence-electron chi connectivity index (χ2n) is 11.0. The molecule has 0 amide bonds. The van der Waals surface area contributed by atoms with Crippen LogP contribution >= 0.6 is 0 Å². The number of hydrogen-bond acceptors (Lipinski definition) is 5. The lowest BCUT2D eigenvalue weighted by Crippen LogP contribution is -2.51. The lowest BCUT2D eigenvalue weighted by atomic mass is 10.1. The van der Waals surface area contributed by atoms with E-state index < -0.39 is 53.0 Å². The molecule has 1 fully saturated rings. The zero-order valence-corrected chi connectivity index (χ0v) is 24.3. The quantitative estimate of drug-likeness (QED) is 0.282. The number of rotatable bonds is 8. The van der Waals surface area contributed by atoms with E-state index in [1.807, 2.05) is 0 Å². The maximum Gasteiger partial charge on any atom is 0.416 e. The van der Waals surface area contributed by atoms with Crippen LogP contribution in [0.15, 0.2) is 76.3 Å². The van der Waals surface area contributed by atoms with Crippen LogP contribution in [0.4, 0.5) is 32.0 Å². The van der Waals surface area contributed by atoms with Gasteiger partial charge in [-0.25, -0.2) is 18.0 Å². The van der Waals surface area contributed by atoms with Crippen molar-refractivity contribution in [2.45, 2.75) is 38.8 Å². The van der Waals surface area contributed by atoms with Gasteiger partial charge in [-0.3, -0.25) is 18.8 Å². The third kappa shape index (κ3) is 6.84. The highest BCUT2D eigenvalue weighted by Gasteiger charge is 2.35. The molecule has 4 aromatic rings. The first kappa shape index (κ1) is 32.0. The Hall–Kier alpha value is -4.36. The summed E-state index contributed by atoms with van der Waals surface area (Å²) in [6, 6.07) is 14.0. The van der Waals surface area contributed by atoms with Crippen molar-refractivity contribution < 1.29 is 26.3 Å². The molecule has 1 atom stereocenters. The average Bonchev–Trinajstić information content (AvgIpc) is 3.00. The van der Waals surface area contributed by atoms with Crippen molar-refractivity contribution in [3.63, 3.8) is 0 Å². The molecule has 0 bridgehead atoms. The summed E-state index contributed by atoms with van der Waals surface area (Å²) in [6.07, 6.45) is -4.73. The molecule has 1 aliphatic rings. The van der Waals surface area contributed by atoms with E-state index in [-0.39, 0.29) is 61.8 Å². The SMILES string of the molecule is Cc1c(N2CCN(Cc3ccc(F)cc3C(F)(F)F)CC2)c(=O)n(C[C@H](N)c2ccccc2)c(=O)n1Cc1c(F)cccc1F. The third-order valence-electron chi connectivity index (χ3n) is 8.10. The van der Waals surface area contributed by atoms with Crippen LogP contribution in [0, 0.1) is 24.4 Å². The highest BCUT2D eigenvalue weighted by atomic mass is 19.4. The van der Waals surface area contributed by atoms with Gasteiger partial charge in [0.2, 0.25) is 0 Å². The average molecular weight is 632 g/mol. The Morgan fingerprint density at radius 3 is 2.09 bits per heavy atom. The molecular weight excluding hydrogens is 600 g/mol. The highest BCUT2D eigenvalue weighted by molar-refractivity contribution is 5.50. The second-order valence-corrected chi connectivity index (χ2v) is 11.0. The summed E-state index contributed by atoms with van der Waals surface area (Å²) in [4.78, 5) is 31.1. The smallest absolute Gasteiger partial charge is 0.363 e. The lowest BCUT2D eigenvalue weighted by Gasteiger charge is -2.37. The van der Waals surface area contributed by atoms with Crippen molar-refractivity contribution in [1.29, 1.82) is 0 Å². The van der Waals surface area contributed by atoms with Gasteiger partial charge >= 0.3 is 11.9 Å². The van der Waals surface area contributed by atoms with E-state index in [0.29, 0.717) is 11.6 Å². The van der Waals surface area contributed by atoms with Gasteiger partial charge in [-0.15, -0.1) is 0 Å². The van der Waals surface area contributed by atoms with Gasteiger partial charge in [0.1, 0.15) is 23.1 Å². The summed E-state index contributed by atoms with van der Waals surface area (Å²) in [7, 11) is 0. The molecule has 13 heteroatoms. The van der Waals surface area contributed by atoms with Crippen LogP contribution in [-0.2, 0) is 25.8 Å². The number of hydrogen-bond donors (Lipinski definition) is 1. The summed E-state index contributed by atoms with van der Waals surface area (Å²) in [5.41, 5.74) is 4.45. The number of piperazine rings is 1. The minimum atomic E-state index is -4.73. The lowest BCUT2D eigenvalue weighted by molar-refractivity contribution is -0.138. The van der Waals surface area contributed by atoms with Crippen molar-refractivity contribution >= 4 is 5.69 Å². The Bertz CT molecular complexity index is 1780. The molecule has 2 heterocycles. The van der Waals surface area contributed by atoms with E-state index in [2.05, 4.69) is 0 Å². The topological polar surface area (TPSA) is 76.5 Å². The molecule has 0 unspecified atom stereocenters. The third-order valence-corrected chi connectivity index (χ3v) is 8.10. The minimum Gasteiger partial charge on any atom is -0.363 e. The van der Waals surface area contributed by atoms with Crippen LogP contribution in [0.1, 0.15) is 34.0 Å². The predicted molar refractivity (Wildman–Crippen MR) is 157 cm³/mol. The fourth-order valence-electron chi connectivity index (χ4n) is 5.66. The Balaban J connectivity index is 1.48. The highest BCUT2D eigenvalue weighted by Crippen LogP contribution is 2.33. The first-order valence-electron chi connectivity index (χ1n) is 14.3. The molecule has 0 saturated carbocycles. The number of nitrogens with two attached hydrogens (primary N) is 1. The first-order chi connectivity index (χ1) is 21.3. The summed E-state index contributed by atoms with van der Waals surface area (Å²) < 4.78 is 85.7. The zero-order valence-electron chi connectivity index (χ0n) is 24.3. The van der Waals surface area contributed by atoms with Crippen LogP contribution in [0.25, 0.3) is 0 Å². The van der Waals surface area contributed by atoms with E-state index >= 15 is 0 Å². The van der Waals surface area contributed by atoms with Crippen molar-refractivity contribution in [1.82, 2.24) is 14.0 Å². The van der Waals surface area contributed by atoms with E-state index in [9.17, 15) is 35.9 Å². The van der Waals surface area contributed by atoms with Crippen LogP contribution < -0.4 is 21.9 Å².